The van der Waals surface area contributed by atoms with Crippen molar-refractivity contribution in [2.24, 2.45) is 4.99 Å². The number of amides is 1. The number of esters is 1. The van der Waals surface area contributed by atoms with Crippen LogP contribution in [0.2, 0.25) is 5.02 Å². The number of benzene rings is 3. The van der Waals surface area contributed by atoms with Crippen molar-refractivity contribution < 1.29 is 14.3 Å². The van der Waals surface area contributed by atoms with E-state index in [1.165, 1.54) is 11.8 Å². The maximum Gasteiger partial charge on any atom is 0.338 e. The standard InChI is InChI=1S/C31H28ClN3O3S/c1-4-34-29(36)28(39-31(34)33-24-10-8-9-22(17-24)30(37)38-5-2)18-26-20(3)35(27-12-7-6-11-25(26)27)19-21-13-15-23(32)16-14-21/h6-18H,4-5,19H2,1-3H3. The highest BCUT2D eigenvalue weighted by molar-refractivity contribution is 8.18. The highest BCUT2D eigenvalue weighted by atomic mass is 35.5. The normalized spacial score (nSPS) is 15.6. The SMILES string of the molecule is CCOC(=O)c1cccc(N=C2SC(=Cc3c(C)n(Cc4ccc(Cl)cc4)c4ccccc34)C(=O)N2CC)c1. The van der Waals surface area contributed by atoms with E-state index >= 15 is 0 Å². The number of rotatable bonds is 7. The molecule has 6 nitrogen and oxygen atoms in total. The summed E-state index contributed by atoms with van der Waals surface area (Å²) in [6, 6.07) is 23.0. The van der Waals surface area contributed by atoms with Gasteiger partial charge in [0.25, 0.3) is 5.91 Å². The van der Waals surface area contributed by atoms with Crippen LogP contribution in [0.1, 0.15) is 41.0 Å². The maximum atomic E-state index is 13.4. The zero-order chi connectivity index (χ0) is 27.5. The lowest BCUT2D eigenvalue weighted by Gasteiger charge is -2.12. The van der Waals surface area contributed by atoms with Crippen molar-refractivity contribution >= 4 is 63.1 Å². The van der Waals surface area contributed by atoms with Crippen molar-refractivity contribution in [2.75, 3.05) is 13.2 Å². The summed E-state index contributed by atoms with van der Waals surface area (Å²) in [5.41, 5.74) is 5.34. The van der Waals surface area contributed by atoms with E-state index in [4.69, 9.17) is 21.3 Å². The van der Waals surface area contributed by atoms with E-state index in [-0.39, 0.29) is 5.91 Å². The first-order valence-electron chi connectivity index (χ1n) is 12.8. The van der Waals surface area contributed by atoms with Crippen molar-refractivity contribution in [3.63, 3.8) is 0 Å². The number of aliphatic imine (C=N–C) groups is 1. The zero-order valence-corrected chi connectivity index (χ0v) is 23.6. The molecule has 1 aromatic heterocycles. The summed E-state index contributed by atoms with van der Waals surface area (Å²) in [5, 5.41) is 2.37. The van der Waals surface area contributed by atoms with Crippen LogP contribution in [0, 0.1) is 6.92 Å². The fourth-order valence-corrected chi connectivity index (χ4v) is 5.81. The Labute approximate surface area is 236 Å². The molecule has 1 aliphatic rings. The van der Waals surface area contributed by atoms with Gasteiger partial charge < -0.3 is 9.30 Å². The monoisotopic (exact) mass is 557 g/mol. The second-order valence-corrected chi connectivity index (χ2v) is 10.5. The van der Waals surface area contributed by atoms with Gasteiger partial charge in [0.05, 0.1) is 22.8 Å². The molecule has 1 fully saturated rings. The van der Waals surface area contributed by atoms with Crippen LogP contribution in [0.3, 0.4) is 0 Å². The first-order chi connectivity index (χ1) is 18.9. The Kier molecular flexibility index (Phi) is 7.91. The molecule has 0 bridgehead atoms. The Morgan fingerprint density at radius 2 is 1.82 bits per heavy atom. The first-order valence-corrected chi connectivity index (χ1v) is 14.0. The van der Waals surface area contributed by atoms with E-state index in [1.807, 2.05) is 55.5 Å². The average molecular weight is 558 g/mol. The number of hydrogen-bond donors (Lipinski definition) is 0. The number of para-hydroxylation sites is 1. The molecule has 0 radical (unpaired) electrons. The summed E-state index contributed by atoms with van der Waals surface area (Å²) in [5.74, 6) is -0.482. The van der Waals surface area contributed by atoms with Crippen LogP contribution in [-0.2, 0) is 16.1 Å². The third kappa shape index (κ3) is 5.51. The Morgan fingerprint density at radius 1 is 1.05 bits per heavy atom. The maximum absolute atomic E-state index is 13.4. The molecule has 1 aliphatic heterocycles. The minimum Gasteiger partial charge on any atom is -0.462 e. The first kappa shape index (κ1) is 26.8. The highest BCUT2D eigenvalue weighted by Gasteiger charge is 2.33. The van der Waals surface area contributed by atoms with Crippen LogP contribution in [0.4, 0.5) is 5.69 Å². The summed E-state index contributed by atoms with van der Waals surface area (Å²) in [6.07, 6.45) is 1.98. The quantitative estimate of drug-likeness (QED) is 0.175. The van der Waals surface area contributed by atoms with Gasteiger partial charge in [-0.05, 0) is 80.6 Å². The Hall–Kier alpha value is -3.81. The predicted octanol–water partition coefficient (Wildman–Crippen LogP) is 7.45. The molecule has 0 atom stereocenters. The van der Waals surface area contributed by atoms with Gasteiger partial charge in [-0.2, -0.15) is 0 Å². The van der Waals surface area contributed by atoms with Crippen LogP contribution in [-0.4, -0.2) is 39.7 Å². The molecule has 198 valence electrons. The fraction of sp³-hybridized carbons (Fsp3) is 0.194. The number of ether oxygens (including phenoxy) is 1. The van der Waals surface area contributed by atoms with Crippen LogP contribution in [0.5, 0.6) is 0 Å². The van der Waals surface area contributed by atoms with E-state index in [0.717, 1.165) is 27.7 Å². The molecule has 0 saturated carbocycles. The molecule has 0 N–H and O–H groups in total. The van der Waals surface area contributed by atoms with Crippen molar-refractivity contribution in [3.05, 3.63) is 105 Å². The van der Waals surface area contributed by atoms with Gasteiger partial charge in [0.1, 0.15) is 0 Å². The van der Waals surface area contributed by atoms with E-state index < -0.39 is 5.97 Å². The smallest absolute Gasteiger partial charge is 0.338 e. The third-order valence-corrected chi connectivity index (χ3v) is 7.85. The molecule has 4 aromatic rings. The highest BCUT2D eigenvalue weighted by Crippen LogP contribution is 2.37. The predicted molar refractivity (Wildman–Crippen MR) is 160 cm³/mol. The lowest BCUT2D eigenvalue weighted by atomic mass is 10.1. The zero-order valence-electron chi connectivity index (χ0n) is 22.0. The summed E-state index contributed by atoms with van der Waals surface area (Å²) in [4.78, 5) is 32.6. The number of aromatic nitrogens is 1. The molecular weight excluding hydrogens is 530 g/mol. The summed E-state index contributed by atoms with van der Waals surface area (Å²) in [6.45, 7) is 7.26. The second kappa shape index (κ2) is 11.5. The summed E-state index contributed by atoms with van der Waals surface area (Å²) in [7, 11) is 0. The molecule has 5 rings (SSSR count). The largest absolute Gasteiger partial charge is 0.462 e. The number of nitrogens with zero attached hydrogens (tertiary/aromatic N) is 3. The Morgan fingerprint density at radius 3 is 2.56 bits per heavy atom. The molecule has 0 unspecified atom stereocenters. The number of amidine groups is 1. The van der Waals surface area contributed by atoms with Gasteiger partial charge in [-0.25, -0.2) is 9.79 Å². The summed E-state index contributed by atoms with van der Waals surface area (Å²) >= 11 is 7.44. The molecule has 0 aliphatic carbocycles. The van der Waals surface area contributed by atoms with Gasteiger partial charge in [0.15, 0.2) is 5.17 Å². The number of carbonyl (C=O) groups excluding carboxylic acids is 2. The van der Waals surface area contributed by atoms with E-state index in [2.05, 4.69) is 23.6 Å². The minimum absolute atomic E-state index is 0.0864. The van der Waals surface area contributed by atoms with Crippen molar-refractivity contribution in [2.45, 2.75) is 27.3 Å². The van der Waals surface area contributed by atoms with Crippen LogP contribution >= 0.6 is 23.4 Å². The molecule has 1 saturated heterocycles. The Balaban J connectivity index is 1.51. The molecule has 2 heterocycles. The number of thioether (sulfide) groups is 1. The van der Waals surface area contributed by atoms with Gasteiger partial charge in [0.2, 0.25) is 0 Å². The Bertz CT molecular complexity index is 1620. The molecule has 8 heteroatoms. The lowest BCUT2D eigenvalue weighted by Crippen LogP contribution is -2.28. The average Bonchev–Trinajstić information content (AvgIpc) is 3.38. The second-order valence-electron chi connectivity index (χ2n) is 9.05. The number of carbonyl (C=O) groups is 2. The minimum atomic E-state index is -0.395. The lowest BCUT2D eigenvalue weighted by molar-refractivity contribution is -0.122. The fourth-order valence-electron chi connectivity index (χ4n) is 4.64. The van der Waals surface area contributed by atoms with Crippen molar-refractivity contribution in [1.82, 2.24) is 9.47 Å². The number of halogens is 1. The van der Waals surface area contributed by atoms with E-state index in [1.54, 1.807) is 30.0 Å². The van der Waals surface area contributed by atoms with Gasteiger partial charge in [-0.3, -0.25) is 9.69 Å². The van der Waals surface area contributed by atoms with Crippen molar-refractivity contribution in [3.8, 4) is 0 Å². The topological polar surface area (TPSA) is 63.9 Å². The molecule has 3 aromatic carbocycles. The molecule has 1 amide bonds. The summed E-state index contributed by atoms with van der Waals surface area (Å²) < 4.78 is 7.38. The van der Waals surface area contributed by atoms with Gasteiger partial charge in [-0.1, -0.05) is 48.0 Å². The van der Waals surface area contributed by atoms with Crippen LogP contribution in [0.25, 0.3) is 17.0 Å². The molecule has 0 spiro atoms. The molecule has 39 heavy (non-hydrogen) atoms. The number of likely N-dealkylation sites (N-methyl/N-ethyl adjacent to an activating group) is 1. The van der Waals surface area contributed by atoms with Crippen molar-refractivity contribution in [1.29, 1.82) is 0 Å². The third-order valence-electron chi connectivity index (χ3n) is 6.60. The van der Waals surface area contributed by atoms with Gasteiger partial charge >= 0.3 is 5.97 Å². The van der Waals surface area contributed by atoms with Crippen LogP contribution in [0.15, 0.2) is 82.7 Å². The number of hydrogen-bond acceptors (Lipinski definition) is 5. The van der Waals surface area contributed by atoms with Gasteiger partial charge in [-0.15, -0.1) is 0 Å². The van der Waals surface area contributed by atoms with E-state index in [9.17, 15) is 9.59 Å². The van der Waals surface area contributed by atoms with Crippen LogP contribution < -0.4 is 0 Å². The number of fused-ring (bicyclic) bond motifs is 1. The van der Waals surface area contributed by atoms with E-state index in [0.29, 0.717) is 46.0 Å². The van der Waals surface area contributed by atoms with Gasteiger partial charge in [0, 0.05) is 40.3 Å². The molecular formula is C31H28ClN3O3S.